The molecule has 0 aromatic carbocycles. The van der Waals surface area contributed by atoms with Crippen molar-refractivity contribution in [3.8, 4) is 0 Å². The van der Waals surface area contributed by atoms with E-state index in [0.29, 0.717) is 16.5 Å². The minimum Gasteiger partial charge on any atom is -0.472 e. The smallest absolute Gasteiger partial charge is 0.255 e. The summed E-state index contributed by atoms with van der Waals surface area (Å²) in [6.45, 7) is 0. The number of thiocarbonyl (C=S) groups is 1. The highest BCUT2D eigenvalue weighted by atomic mass is 32.1. The van der Waals surface area contributed by atoms with E-state index in [0.717, 1.165) is 12.8 Å². The summed E-state index contributed by atoms with van der Waals surface area (Å²) in [5.41, 5.74) is 6.27. The van der Waals surface area contributed by atoms with Gasteiger partial charge in [0.1, 0.15) is 6.26 Å². The van der Waals surface area contributed by atoms with Gasteiger partial charge in [0, 0.05) is 0 Å². The highest BCUT2D eigenvalue weighted by Gasteiger charge is 2.27. The van der Waals surface area contributed by atoms with E-state index in [1.165, 1.54) is 31.8 Å². The first-order valence-corrected chi connectivity index (χ1v) is 6.71. The summed E-state index contributed by atoms with van der Waals surface area (Å²) in [4.78, 5) is 12.4. The summed E-state index contributed by atoms with van der Waals surface area (Å²) in [6.07, 6.45) is 8.69. The van der Waals surface area contributed by atoms with E-state index in [9.17, 15) is 4.79 Å². The van der Waals surface area contributed by atoms with Crippen molar-refractivity contribution in [2.24, 2.45) is 11.7 Å². The van der Waals surface area contributed by atoms with Gasteiger partial charge in [-0.05, 0) is 24.8 Å². The van der Waals surface area contributed by atoms with Gasteiger partial charge in [0.2, 0.25) is 0 Å². The van der Waals surface area contributed by atoms with Crippen LogP contribution in [0.2, 0.25) is 0 Å². The van der Waals surface area contributed by atoms with Crippen molar-refractivity contribution < 1.29 is 9.21 Å². The zero-order valence-electron chi connectivity index (χ0n) is 10.2. The fourth-order valence-corrected chi connectivity index (χ4v) is 2.76. The molecule has 1 atom stereocenters. The highest BCUT2D eigenvalue weighted by molar-refractivity contribution is 7.80. The first-order chi connectivity index (χ1) is 8.68. The summed E-state index contributed by atoms with van der Waals surface area (Å²) >= 11 is 5.09. The molecule has 0 radical (unpaired) electrons. The van der Waals surface area contributed by atoms with Crippen LogP contribution in [0.5, 0.6) is 0 Å². The molecular weight excluding hydrogens is 248 g/mol. The Hall–Kier alpha value is -1.36. The van der Waals surface area contributed by atoms with Gasteiger partial charge in [-0.3, -0.25) is 4.79 Å². The molecule has 1 aromatic rings. The predicted octanol–water partition coefficient (Wildman–Crippen LogP) is 2.24. The van der Waals surface area contributed by atoms with Crippen LogP contribution < -0.4 is 11.1 Å². The molecular formula is C13H18N2O2S. The van der Waals surface area contributed by atoms with Gasteiger partial charge in [0.05, 0.1) is 22.9 Å². The van der Waals surface area contributed by atoms with Gasteiger partial charge in [0.25, 0.3) is 5.91 Å². The Morgan fingerprint density at radius 2 is 2.17 bits per heavy atom. The third kappa shape index (κ3) is 3.10. The summed E-state index contributed by atoms with van der Waals surface area (Å²) in [5.74, 6) is 0.194. The highest BCUT2D eigenvalue weighted by Crippen LogP contribution is 2.26. The summed E-state index contributed by atoms with van der Waals surface area (Å²) < 4.78 is 4.90. The fraction of sp³-hybridized carbons (Fsp3) is 0.538. The maximum atomic E-state index is 12.0. The molecule has 98 valence electrons. The van der Waals surface area contributed by atoms with E-state index in [1.807, 2.05) is 0 Å². The van der Waals surface area contributed by atoms with Gasteiger partial charge in [-0.15, -0.1) is 0 Å². The second-order valence-electron chi connectivity index (χ2n) is 4.76. The third-order valence-electron chi connectivity index (χ3n) is 3.50. The SMILES string of the molecule is NC(=S)C(NC(=O)c1ccoc1)C1CCCCC1. The number of nitrogens with one attached hydrogen (secondary N) is 1. The largest absolute Gasteiger partial charge is 0.472 e. The second-order valence-corrected chi connectivity index (χ2v) is 5.24. The minimum atomic E-state index is -0.206. The minimum absolute atomic E-state index is 0.174. The Morgan fingerprint density at radius 1 is 1.44 bits per heavy atom. The van der Waals surface area contributed by atoms with Crippen LogP contribution in [0.4, 0.5) is 0 Å². The average Bonchev–Trinajstić information content (AvgIpc) is 2.90. The molecule has 5 heteroatoms. The molecule has 18 heavy (non-hydrogen) atoms. The molecule has 1 amide bonds. The Balaban J connectivity index is 2.02. The Kier molecular flexibility index (Phi) is 4.36. The molecule has 1 unspecified atom stereocenters. The molecule has 0 spiro atoms. The van der Waals surface area contributed by atoms with Crippen LogP contribution in [0.3, 0.4) is 0 Å². The van der Waals surface area contributed by atoms with Crippen LogP contribution in [0.25, 0.3) is 0 Å². The standard InChI is InChI=1S/C13H18N2O2S/c14-12(18)11(9-4-2-1-3-5-9)15-13(16)10-6-7-17-8-10/h6-9,11H,1-5H2,(H2,14,18)(H,15,16). The van der Waals surface area contributed by atoms with Crippen LogP contribution >= 0.6 is 12.2 Å². The van der Waals surface area contributed by atoms with Crippen LogP contribution in [0.1, 0.15) is 42.5 Å². The third-order valence-corrected chi connectivity index (χ3v) is 3.75. The number of carbonyl (C=O) groups is 1. The van der Waals surface area contributed by atoms with Crippen molar-refractivity contribution in [1.29, 1.82) is 0 Å². The van der Waals surface area contributed by atoms with E-state index in [1.54, 1.807) is 6.07 Å². The Morgan fingerprint density at radius 3 is 2.72 bits per heavy atom. The van der Waals surface area contributed by atoms with Crippen LogP contribution in [0, 0.1) is 5.92 Å². The zero-order chi connectivity index (χ0) is 13.0. The molecule has 1 aliphatic rings. The van der Waals surface area contributed by atoms with Crippen LogP contribution in [-0.4, -0.2) is 16.9 Å². The van der Waals surface area contributed by atoms with Gasteiger partial charge in [-0.2, -0.15) is 0 Å². The van der Waals surface area contributed by atoms with E-state index < -0.39 is 0 Å². The van der Waals surface area contributed by atoms with E-state index >= 15 is 0 Å². The maximum absolute atomic E-state index is 12.0. The van der Waals surface area contributed by atoms with E-state index in [-0.39, 0.29) is 11.9 Å². The van der Waals surface area contributed by atoms with Crippen molar-refractivity contribution in [3.63, 3.8) is 0 Å². The molecule has 0 saturated heterocycles. The molecule has 3 N–H and O–H groups in total. The molecule has 1 fully saturated rings. The molecule has 0 bridgehead atoms. The number of hydrogen-bond donors (Lipinski definition) is 2. The van der Waals surface area contributed by atoms with E-state index in [2.05, 4.69) is 5.32 Å². The Bertz CT molecular complexity index is 411. The predicted molar refractivity (Wildman–Crippen MR) is 73.3 cm³/mol. The lowest BCUT2D eigenvalue weighted by molar-refractivity contribution is 0.0931. The fourth-order valence-electron chi connectivity index (χ4n) is 2.51. The van der Waals surface area contributed by atoms with Crippen molar-refractivity contribution in [1.82, 2.24) is 5.32 Å². The first-order valence-electron chi connectivity index (χ1n) is 6.31. The topological polar surface area (TPSA) is 68.3 Å². The molecule has 1 heterocycles. The van der Waals surface area contributed by atoms with Gasteiger partial charge in [-0.25, -0.2) is 0 Å². The van der Waals surface area contributed by atoms with Crippen molar-refractivity contribution in [2.75, 3.05) is 0 Å². The second kappa shape index (κ2) is 6.00. The number of rotatable bonds is 4. The number of furan rings is 1. The van der Waals surface area contributed by atoms with Gasteiger partial charge in [0.15, 0.2) is 0 Å². The molecule has 1 aromatic heterocycles. The van der Waals surface area contributed by atoms with Gasteiger partial charge >= 0.3 is 0 Å². The van der Waals surface area contributed by atoms with Gasteiger partial charge in [-0.1, -0.05) is 31.5 Å². The average molecular weight is 266 g/mol. The zero-order valence-corrected chi connectivity index (χ0v) is 11.0. The lowest BCUT2D eigenvalue weighted by Gasteiger charge is -2.30. The molecule has 0 aliphatic heterocycles. The van der Waals surface area contributed by atoms with Crippen molar-refractivity contribution >= 4 is 23.1 Å². The number of hydrogen-bond acceptors (Lipinski definition) is 3. The summed E-state index contributed by atoms with van der Waals surface area (Å²) in [6, 6.07) is 1.43. The lowest BCUT2D eigenvalue weighted by atomic mass is 9.83. The van der Waals surface area contributed by atoms with Crippen molar-refractivity contribution in [3.05, 3.63) is 24.2 Å². The van der Waals surface area contributed by atoms with Gasteiger partial charge < -0.3 is 15.5 Å². The number of carbonyl (C=O) groups excluding carboxylic acids is 1. The van der Waals surface area contributed by atoms with Crippen LogP contribution in [0.15, 0.2) is 23.0 Å². The molecule has 1 saturated carbocycles. The summed E-state index contributed by atoms with van der Waals surface area (Å²) in [5, 5.41) is 2.92. The molecule has 1 aliphatic carbocycles. The van der Waals surface area contributed by atoms with Crippen molar-refractivity contribution in [2.45, 2.75) is 38.1 Å². The lowest BCUT2D eigenvalue weighted by Crippen LogP contribution is -2.48. The molecule has 4 nitrogen and oxygen atoms in total. The van der Waals surface area contributed by atoms with E-state index in [4.69, 9.17) is 22.4 Å². The first kappa shape index (κ1) is 13.1. The monoisotopic (exact) mass is 266 g/mol. The summed E-state index contributed by atoms with van der Waals surface area (Å²) in [7, 11) is 0. The van der Waals surface area contributed by atoms with Crippen LogP contribution in [-0.2, 0) is 0 Å². The number of amides is 1. The quantitative estimate of drug-likeness (QED) is 0.820. The molecule has 2 rings (SSSR count). The number of nitrogens with two attached hydrogens (primary N) is 1. The Labute approximate surface area is 112 Å². The maximum Gasteiger partial charge on any atom is 0.255 e. The normalized spacial score (nSPS) is 18.2.